The summed E-state index contributed by atoms with van der Waals surface area (Å²) >= 11 is 0. The lowest BCUT2D eigenvalue weighted by atomic mass is 9.84. The van der Waals surface area contributed by atoms with Gasteiger partial charge < -0.3 is 29.3 Å². The van der Waals surface area contributed by atoms with Gasteiger partial charge in [-0.1, -0.05) is 20.8 Å². The second-order valence-electron chi connectivity index (χ2n) is 11.9. The van der Waals surface area contributed by atoms with Crippen molar-refractivity contribution in [3.05, 3.63) is 46.3 Å². The zero-order valence-electron chi connectivity index (χ0n) is 26.2. The minimum Gasteiger partial charge on any atom is -0.494 e. The molecule has 2 N–H and O–H groups in total. The average Bonchev–Trinajstić information content (AvgIpc) is 3.28. The number of hydrogen-bond acceptors (Lipinski definition) is 9. The highest BCUT2D eigenvalue weighted by Gasteiger charge is 2.43. The molecule has 0 aliphatic carbocycles. The number of carbonyl (C=O) groups is 3. The fourth-order valence-corrected chi connectivity index (χ4v) is 5.45. The number of hydrogen-bond donors (Lipinski definition) is 2. The maximum Gasteiger partial charge on any atom is 0.490 e. The van der Waals surface area contributed by atoms with E-state index in [1.54, 1.807) is 30.0 Å². The Labute approximate surface area is 259 Å². The first kappa shape index (κ1) is 33.5. The van der Waals surface area contributed by atoms with Gasteiger partial charge in [0.15, 0.2) is 17.2 Å². The normalized spacial score (nSPS) is 15.5. The lowest BCUT2D eigenvalue weighted by Crippen LogP contribution is -2.40. The largest absolute Gasteiger partial charge is 0.494 e. The number of anilines is 1. The Morgan fingerprint density at radius 2 is 1.78 bits per heavy atom. The van der Waals surface area contributed by atoms with Crippen molar-refractivity contribution < 1.29 is 41.8 Å². The molecule has 1 saturated heterocycles. The lowest BCUT2D eigenvalue weighted by Gasteiger charge is -2.36. The van der Waals surface area contributed by atoms with Crippen LogP contribution in [0.4, 0.5) is 18.9 Å². The Bertz CT molecular complexity index is 1500. The topological polar surface area (TPSA) is 134 Å². The molecule has 1 fully saturated rings. The molecule has 2 aliphatic heterocycles. The van der Waals surface area contributed by atoms with E-state index in [1.807, 2.05) is 25.7 Å². The molecule has 2 aliphatic rings. The predicted octanol–water partition coefficient (Wildman–Crippen LogP) is 4.24. The molecule has 11 nitrogen and oxygen atoms in total. The molecule has 1 aromatic carbocycles. The van der Waals surface area contributed by atoms with Crippen molar-refractivity contribution in [2.45, 2.75) is 64.8 Å². The van der Waals surface area contributed by atoms with Gasteiger partial charge in [-0.3, -0.25) is 15.0 Å². The van der Waals surface area contributed by atoms with Crippen LogP contribution in [-0.2, 0) is 21.5 Å². The molecule has 45 heavy (non-hydrogen) atoms. The molecule has 244 valence electrons. The standard InChI is InChI=1S/C31H38F3N5O6/c1-7-44-23-14-18-15-39(27(35)24(18)37-25(23)28(41)36-5)16-22(40)17-12-20(30(2,3)4)26(43-6)21(13-17)38-10-8-19(9-11-38)45-29(42)31(32,33)34/h12-14,19,35H,7-11,15-16H2,1-6H3,(H,36,41). The summed E-state index contributed by atoms with van der Waals surface area (Å²) in [5, 5.41) is 11.3. The number of esters is 1. The number of nitrogens with one attached hydrogen (secondary N) is 2. The summed E-state index contributed by atoms with van der Waals surface area (Å²) in [6, 6.07) is 5.14. The number of benzene rings is 1. The van der Waals surface area contributed by atoms with E-state index in [4.69, 9.17) is 14.9 Å². The van der Waals surface area contributed by atoms with Gasteiger partial charge in [-0.05, 0) is 30.5 Å². The number of fused-ring (bicyclic) bond motifs is 1. The van der Waals surface area contributed by atoms with Gasteiger partial charge in [-0.15, -0.1) is 0 Å². The number of amidine groups is 1. The molecule has 14 heteroatoms. The van der Waals surface area contributed by atoms with Gasteiger partial charge in [0.25, 0.3) is 5.91 Å². The zero-order chi connectivity index (χ0) is 33.3. The van der Waals surface area contributed by atoms with Crippen LogP contribution in [0.5, 0.6) is 11.5 Å². The van der Waals surface area contributed by atoms with Crippen LogP contribution < -0.4 is 19.7 Å². The van der Waals surface area contributed by atoms with E-state index >= 15 is 0 Å². The van der Waals surface area contributed by atoms with E-state index < -0.39 is 29.6 Å². The van der Waals surface area contributed by atoms with E-state index in [0.29, 0.717) is 40.6 Å². The molecule has 0 spiro atoms. The quantitative estimate of drug-likeness (QED) is 0.307. The second kappa shape index (κ2) is 12.9. The van der Waals surface area contributed by atoms with E-state index in [2.05, 4.69) is 15.0 Å². The summed E-state index contributed by atoms with van der Waals surface area (Å²) in [5.74, 6) is -2.08. The number of ketones is 1. The number of pyridine rings is 1. The number of nitrogens with zero attached hydrogens (tertiary/aromatic N) is 3. The summed E-state index contributed by atoms with van der Waals surface area (Å²) in [4.78, 5) is 45.4. The lowest BCUT2D eigenvalue weighted by molar-refractivity contribution is -0.205. The molecular weight excluding hydrogens is 595 g/mol. The van der Waals surface area contributed by atoms with Crippen molar-refractivity contribution in [1.29, 1.82) is 5.41 Å². The van der Waals surface area contributed by atoms with E-state index in [1.165, 1.54) is 14.2 Å². The van der Waals surface area contributed by atoms with Crippen molar-refractivity contribution in [3.8, 4) is 11.5 Å². The highest BCUT2D eigenvalue weighted by molar-refractivity contribution is 6.06. The Morgan fingerprint density at radius 3 is 2.33 bits per heavy atom. The fraction of sp³-hybridized carbons (Fsp3) is 0.516. The van der Waals surface area contributed by atoms with E-state index in [0.717, 1.165) is 5.56 Å². The van der Waals surface area contributed by atoms with Crippen LogP contribution in [0.15, 0.2) is 18.2 Å². The minimum absolute atomic E-state index is 0.00630. The Morgan fingerprint density at radius 1 is 1.11 bits per heavy atom. The van der Waals surface area contributed by atoms with Crippen LogP contribution in [-0.4, -0.2) is 86.1 Å². The Balaban J connectivity index is 1.60. The molecule has 0 unspecified atom stereocenters. The highest BCUT2D eigenvalue weighted by Crippen LogP contribution is 2.41. The van der Waals surface area contributed by atoms with Gasteiger partial charge in [-0.25, -0.2) is 9.78 Å². The molecule has 3 heterocycles. The van der Waals surface area contributed by atoms with Crippen molar-refractivity contribution in [2.24, 2.45) is 0 Å². The van der Waals surface area contributed by atoms with E-state index in [-0.39, 0.29) is 56.3 Å². The number of piperidine rings is 1. The number of halogens is 3. The SMILES string of the molecule is CCOc1cc2c(nc1C(=O)NC)C(=N)N(CC(=O)c1cc(N3CCC(OC(=O)C(F)(F)F)CC3)c(OC)c(C(C)(C)C)c1)C2. The fourth-order valence-electron chi connectivity index (χ4n) is 5.45. The number of carbonyl (C=O) groups excluding carboxylic acids is 3. The molecule has 2 aromatic rings. The predicted molar refractivity (Wildman–Crippen MR) is 159 cm³/mol. The maximum atomic E-state index is 13.8. The number of methoxy groups -OCH3 is 1. The molecule has 1 amide bonds. The van der Waals surface area contributed by atoms with Gasteiger partial charge in [-0.2, -0.15) is 13.2 Å². The third-order valence-corrected chi connectivity index (χ3v) is 7.74. The highest BCUT2D eigenvalue weighted by atomic mass is 19.4. The molecule has 0 atom stereocenters. The van der Waals surface area contributed by atoms with Crippen molar-refractivity contribution in [1.82, 2.24) is 15.2 Å². The average molecular weight is 634 g/mol. The molecule has 0 radical (unpaired) electrons. The van der Waals surface area contributed by atoms with Crippen LogP contribution in [0.25, 0.3) is 0 Å². The van der Waals surface area contributed by atoms with Gasteiger partial charge in [0, 0.05) is 56.2 Å². The number of ether oxygens (including phenoxy) is 3. The molecule has 1 aromatic heterocycles. The first-order chi connectivity index (χ1) is 21.1. The van der Waals surface area contributed by atoms with Crippen LogP contribution in [0, 0.1) is 5.41 Å². The van der Waals surface area contributed by atoms with Crippen LogP contribution in [0.3, 0.4) is 0 Å². The first-order valence-electron chi connectivity index (χ1n) is 14.6. The molecule has 4 rings (SSSR count). The summed E-state index contributed by atoms with van der Waals surface area (Å²) in [5.41, 5.74) is 2.31. The Hall–Kier alpha value is -4.36. The third-order valence-electron chi connectivity index (χ3n) is 7.74. The molecule has 0 bridgehead atoms. The number of alkyl halides is 3. The molecule has 0 saturated carbocycles. The smallest absolute Gasteiger partial charge is 0.490 e. The van der Waals surface area contributed by atoms with Crippen LogP contribution in [0.2, 0.25) is 0 Å². The van der Waals surface area contributed by atoms with Gasteiger partial charge in [0.1, 0.15) is 23.4 Å². The summed E-state index contributed by atoms with van der Waals surface area (Å²) < 4.78 is 54.2. The maximum absolute atomic E-state index is 13.8. The summed E-state index contributed by atoms with van der Waals surface area (Å²) in [6.45, 7) is 8.67. The van der Waals surface area contributed by atoms with Gasteiger partial charge in [0.05, 0.1) is 25.9 Å². The van der Waals surface area contributed by atoms with Crippen molar-refractivity contribution >= 4 is 29.2 Å². The van der Waals surface area contributed by atoms with Gasteiger partial charge in [0.2, 0.25) is 0 Å². The summed E-state index contributed by atoms with van der Waals surface area (Å²) in [6.07, 6.45) is -5.59. The monoisotopic (exact) mass is 633 g/mol. The van der Waals surface area contributed by atoms with Crippen LogP contribution in [0.1, 0.15) is 78.2 Å². The van der Waals surface area contributed by atoms with E-state index in [9.17, 15) is 27.6 Å². The first-order valence-corrected chi connectivity index (χ1v) is 14.6. The zero-order valence-corrected chi connectivity index (χ0v) is 26.2. The minimum atomic E-state index is -5.06. The summed E-state index contributed by atoms with van der Waals surface area (Å²) in [7, 11) is 3.00. The van der Waals surface area contributed by atoms with Crippen LogP contribution >= 0.6 is 0 Å². The Kier molecular flexibility index (Phi) is 9.64. The number of amides is 1. The second-order valence-corrected chi connectivity index (χ2v) is 11.9. The van der Waals surface area contributed by atoms with Gasteiger partial charge >= 0.3 is 12.1 Å². The number of Topliss-reactive ketones (excluding diaryl/α,β-unsaturated/α-hetero) is 1. The third kappa shape index (κ3) is 7.15. The van der Waals surface area contributed by atoms with Crippen molar-refractivity contribution in [3.63, 3.8) is 0 Å². The number of aromatic nitrogens is 1. The molecular formula is C31H38F3N5O6. The number of rotatable bonds is 9. The van der Waals surface area contributed by atoms with Crippen molar-refractivity contribution in [2.75, 3.05) is 45.3 Å².